The van der Waals surface area contributed by atoms with E-state index in [1.165, 1.54) is 0 Å². The van der Waals surface area contributed by atoms with Gasteiger partial charge < -0.3 is 10.1 Å². The maximum atomic E-state index is 12.2. The third kappa shape index (κ3) is 7.25. The lowest BCUT2D eigenvalue weighted by Gasteiger charge is -2.11. The molecule has 1 aromatic heterocycles. The van der Waals surface area contributed by atoms with E-state index in [4.69, 9.17) is 27.9 Å². The molecule has 9 heteroatoms. The minimum Gasteiger partial charge on any atom is -0.385 e. The molecule has 0 saturated carbocycles. The van der Waals surface area contributed by atoms with Crippen molar-refractivity contribution < 1.29 is 9.53 Å². The lowest BCUT2D eigenvalue weighted by molar-refractivity contribution is -0.121. The van der Waals surface area contributed by atoms with E-state index in [1.54, 1.807) is 18.9 Å². The smallest absolute Gasteiger partial charge is 0.220 e. The van der Waals surface area contributed by atoms with Gasteiger partial charge in [-0.2, -0.15) is 0 Å². The van der Waals surface area contributed by atoms with E-state index in [9.17, 15) is 4.79 Å². The van der Waals surface area contributed by atoms with Gasteiger partial charge in [0.15, 0.2) is 5.16 Å². The number of ether oxygens (including phenoxy) is 1. The van der Waals surface area contributed by atoms with Crippen LogP contribution in [0.25, 0.3) is 5.69 Å². The van der Waals surface area contributed by atoms with Crippen LogP contribution in [0.15, 0.2) is 53.7 Å². The zero-order valence-corrected chi connectivity index (χ0v) is 19.5. The summed E-state index contributed by atoms with van der Waals surface area (Å²) in [5.41, 5.74) is 1.96. The molecule has 0 spiro atoms. The van der Waals surface area contributed by atoms with Gasteiger partial charge in [-0.3, -0.25) is 9.36 Å². The number of hydrogen-bond donors (Lipinski definition) is 1. The monoisotopic (exact) mass is 478 g/mol. The number of thioether (sulfide) groups is 1. The first-order chi connectivity index (χ1) is 15.1. The number of rotatable bonds is 11. The zero-order chi connectivity index (χ0) is 22.1. The summed E-state index contributed by atoms with van der Waals surface area (Å²) in [5.74, 6) is 1.38. The van der Waals surface area contributed by atoms with Gasteiger partial charge in [-0.25, -0.2) is 0 Å². The summed E-state index contributed by atoms with van der Waals surface area (Å²) in [6, 6.07) is 15.3. The summed E-state index contributed by atoms with van der Waals surface area (Å²) in [7, 11) is 1.65. The lowest BCUT2D eigenvalue weighted by Crippen LogP contribution is -2.25. The van der Waals surface area contributed by atoms with Crippen LogP contribution in [0.4, 0.5) is 0 Å². The van der Waals surface area contributed by atoms with Crippen molar-refractivity contribution in [3.63, 3.8) is 0 Å². The Bertz CT molecular complexity index is 1010. The topological polar surface area (TPSA) is 69.0 Å². The van der Waals surface area contributed by atoms with E-state index in [1.807, 2.05) is 53.1 Å². The first-order valence-corrected chi connectivity index (χ1v) is 11.6. The van der Waals surface area contributed by atoms with E-state index in [0.29, 0.717) is 47.6 Å². The largest absolute Gasteiger partial charge is 0.385 e. The quantitative estimate of drug-likeness (QED) is 0.311. The first kappa shape index (κ1) is 23.6. The Balaban J connectivity index is 1.73. The minimum atomic E-state index is -0.0233. The molecule has 2 aromatic carbocycles. The standard InChI is InChI=1S/C22H24Cl2N4O2S/c1-30-12-4-11-25-21(29)10-9-20-26-27-22(28(20)19-8-3-7-18(24)14-19)31-15-16-5-2-6-17(23)13-16/h2-3,5-8,13-14H,4,9-12,15H2,1H3,(H,25,29). The first-order valence-electron chi connectivity index (χ1n) is 9.90. The molecule has 0 aliphatic heterocycles. The maximum Gasteiger partial charge on any atom is 0.220 e. The Kier molecular flexibility index (Phi) is 9.21. The number of aromatic nitrogens is 3. The van der Waals surface area contributed by atoms with Crippen LogP contribution < -0.4 is 5.32 Å². The minimum absolute atomic E-state index is 0.0233. The highest BCUT2D eigenvalue weighted by Gasteiger charge is 2.16. The normalized spacial score (nSPS) is 10.9. The van der Waals surface area contributed by atoms with E-state index >= 15 is 0 Å². The molecule has 1 amide bonds. The van der Waals surface area contributed by atoms with Crippen molar-refractivity contribution >= 4 is 40.9 Å². The van der Waals surface area contributed by atoms with Crippen molar-refractivity contribution in [1.82, 2.24) is 20.1 Å². The van der Waals surface area contributed by atoms with E-state index in [2.05, 4.69) is 15.5 Å². The molecule has 0 aliphatic rings. The Labute approximate surface area is 196 Å². The molecule has 3 rings (SSSR count). The van der Waals surface area contributed by atoms with Crippen LogP contribution in [-0.4, -0.2) is 40.9 Å². The summed E-state index contributed by atoms with van der Waals surface area (Å²) in [6.45, 7) is 1.21. The highest BCUT2D eigenvalue weighted by atomic mass is 35.5. The number of carbonyl (C=O) groups is 1. The van der Waals surface area contributed by atoms with Gasteiger partial charge in [-0.1, -0.05) is 53.2 Å². The van der Waals surface area contributed by atoms with Crippen molar-refractivity contribution in [3.8, 4) is 5.69 Å². The van der Waals surface area contributed by atoms with Gasteiger partial charge in [-0.15, -0.1) is 10.2 Å². The van der Waals surface area contributed by atoms with Crippen molar-refractivity contribution in [3.05, 3.63) is 70.0 Å². The molecule has 0 aliphatic carbocycles. The number of methoxy groups -OCH3 is 1. The Hall–Kier alpha value is -2.06. The predicted molar refractivity (Wildman–Crippen MR) is 125 cm³/mol. The maximum absolute atomic E-state index is 12.2. The Morgan fingerprint density at radius 3 is 2.65 bits per heavy atom. The third-order valence-electron chi connectivity index (χ3n) is 4.45. The molecule has 0 atom stereocenters. The highest BCUT2D eigenvalue weighted by Crippen LogP contribution is 2.27. The molecule has 0 bridgehead atoms. The number of halogens is 2. The molecule has 1 N–H and O–H groups in total. The van der Waals surface area contributed by atoms with Crippen LogP contribution in [0.5, 0.6) is 0 Å². The molecule has 0 fully saturated rings. The number of amides is 1. The average Bonchev–Trinajstić information content (AvgIpc) is 3.17. The van der Waals surface area contributed by atoms with Gasteiger partial charge >= 0.3 is 0 Å². The second-order valence-corrected chi connectivity index (χ2v) is 8.64. The van der Waals surface area contributed by atoms with Crippen molar-refractivity contribution in [2.75, 3.05) is 20.3 Å². The summed E-state index contributed by atoms with van der Waals surface area (Å²) in [4.78, 5) is 12.2. The number of nitrogens with one attached hydrogen (secondary N) is 1. The van der Waals surface area contributed by atoms with Gasteiger partial charge in [0.2, 0.25) is 5.91 Å². The Morgan fingerprint density at radius 2 is 1.90 bits per heavy atom. The number of nitrogens with zero attached hydrogens (tertiary/aromatic N) is 3. The zero-order valence-electron chi connectivity index (χ0n) is 17.2. The van der Waals surface area contributed by atoms with Gasteiger partial charge in [-0.05, 0) is 42.3 Å². The van der Waals surface area contributed by atoms with E-state index in [0.717, 1.165) is 22.8 Å². The fraction of sp³-hybridized carbons (Fsp3) is 0.318. The second-order valence-electron chi connectivity index (χ2n) is 6.83. The summed E-state index contributed by atoms with van der Waals surface area (Å²) >= 11 is 13.9. The molecule has 6 nitrogen and oxygen atoms in total. The summed E-state index contributed by atoms with van der Waals surface area (Å²) in [5, 5.41) is 13.7. The van der Waals surface area contributed by atoms with E-state index in [-0.39, 0.29) is 5.91 Å². The fourth-order valence-corrected chi connectivity index (χ4v) is 4.27. The molecule has 164 valence electrons. The van der Waals surface area contributed by atoms with Crippen molar-refractivity contribution in [2.24, 2.45) is 0 Å². The van der Waals surface area contributed by atoms with Gasteiger partial charge in [0.25, 0.3) is 0 Å². The van der Waals surface area contributed by atoms with Crippen LogP contribution >= 0.6 is 35.0 Å². The SMILES string of the molecule is COCCCNC(=O)CCc1nnc(SCc2cccc(Cl)c2)n1-c1cccc(Cl)c1. The number of carbonyl (C=O) groups excluding carboxylic acids is 1. The third-order valence-corrected chi connectivity index (χ3v) is 5.92. The highest BCUT2D eigenvalue weighted by molar-refractivity contribution is 7.98. The molecule has 31 heavy (non-hydrogen) atoms. The number of aryl methyl sites for hydroxylation is 1. The van der Waals surface area contributed by atoms with Crippen molar-refractivity contribution in [2.45, 2.75) is 30.2 Å². The van der Waals surface area contributed by atoms with Crippen LogP contribution in [0.3, 0.4) is 0 Å². The summed E-state index contributed by atoms with van der Waals surface area (Å²) in [6.07, 6.45) is 1.57. The van der Waals surface area contributed by atoms with Gasteiger partial charge in [0, 0.05) is 48.9 Å². The molecule has 0 saturated heterocycles. The fourth-order valence-electron chi connectivity index (χ4n) is 2.96. The molecule has 0 unspecified atom stereocenters. The lowest BCUT2D eigenvalue weighted by atomic mass is 10.2. The molecular formula is C22H24Cl2N4O2S. The van der Waals surface area contributed by atoms with E-state index < -0.39 is 0 Å². The van der Waals surface area contributed by atoms with Crippen LogP contribution in [0.2, 0.25) is 10.0 Å². The van der Waals surface area contributed by atoms with Gasteiger partial charge in [0.1, 0.15) is 5.82 Å². The van der Waals surface area contributed by atoms with Crippen LogP contribution in [0.1, 0.15) is 24.2 Å². The molecule has 3 aromatic rings. The predicted octanol–water partition coefficient (Wildman–Crippen LogP) is 4.95. The van der Waals surface area contributed by atoms with Crippen molar-refractivity contribution in [1.29, 1.82) is 0 Å². The molecular weight excluding hydrogens is 455 g/mol. The van der Waals surface area contributed by atoms with Crippen LogP contribution in [-0.2, 0) is 21.7 Å². The Morgan fingerprint density at radius 1 is 1.13 bits per heavy atom. The number of benzene rings is 2. The second kappa shape index (κ2) is 12.1. The van der Waals surface area contributed by atoms with Crippen LogP contribution in [0, 0.1) is 0 Å². The van der Waals surface area contributed by atoms with Gasteiger partial charge in [0.05, 0.1) is 5.69 Å². The summed E-state index contributed by atoms with van der Waals surface area (Å²) < 4.78 is 6.96. The average molecular weight is 479 g/mol. The molecule has 0 radical (unpaired) electrons. The molecule has 1 heterocycles. The number of hydrogen-bond acceptors (Lipinski definition) is 5.